The van der Waals surface area contributed by atoms with Gasteiger partial charge in [0, 0.05) is 5.02 Å². The van der Waals surface area contributed by atoms with Crippen molar-refractivity contribution in [3.63, 3.8) is 0 Å². The molecular weight excluding hydrogens is 230 g/mol. The second-order valence-electron chi connectivity index (χ2n) is 4.35. The zero-order chi connectivity index (χ0) is 12.4. The first-order valence-corrected chi connectivity index (χ1v) is 6.04. The summed E-state index contributed by atoms with van der Waals surface area (Å²) in [5.74, 6) is 0. The SMILES string of the molecule is Cc1cc(Cl)c(C(N)c2ccccc2)cc1C. The molecule has 0 amide bonds. The first kappa shape index (κ1) is 12.2. The van der Waals surface area contributed by atoms with Crippen molar-refractivity contribution in [1.82, 2.24) is 0 Å². The van der Waals surface area contributed by atoms with Crippen LogP contribution in [0, 0.1) is 13.8 Å². The molecule has 88 valence electrons. The first-order valence-electron chi connectivity index (χ1n) is 5.67. The van der Waals surface area contributed by atoms with Crippen LogP contribution < -0.4 is 5.73 Å². The van der Waals surface area contributed by atoms with E-state index in [0.717, 1.165) is 16.1 Å². The Balaban J connectivity index is 2.44. The van der Waals surface area contributed by atoms with Gasteiger partial charge in [0.15, 0.2) is 0 Å². The number of halogens is 1. The van der Waals surface area contributed by atoms with Crippen LogP contribution in [-0.4, -0.2) is 0 Å². The number of rotatable bonds is 2. The molecule has 0 aliphatic rings. The Bertz CT molecular complexity index is 520. The van der Waals surface area contributed by atoms with Crippen LogP contribution in [0.2, 0.25) is 5.02 Å². The summed E-state index contributed by atoms with van der Waals surface area (Å²) >= 11 is 6.27. The predicted molar refractivity (Wildman–Crippen MR) is 73.4 cm³/mol. The third kappa shape index (κ3) is 2.51. The second-order valence-corrected chi connectivity index (χ2v) is 4.75. The minimum atomic E-state index is -0.164. The van der Waals surface area contributed by atoms with E-state index < -0.39 is 0 Å². The van der Waals surface area contributed by atoms with Gasteiger partial charge in [0.1, 0.15) is 0 Å². The van der Waals surface area contributed by atoms with Gasteiger partial charge in [0.25, 0.3) is 0 Å². The molecule has 0 saturated heterocycles. The molecule has 2 aromatic carbocycles. The molecule has 0 bridgehead atoms. The molecule has 1 atom stereocenters. The Labute approximate surface area is 107 Å². The van der Waals surface area contributed by atoms with Crippen LogP contribution in [-0.2, 0) is 0 Å². The highest BCUT2D eigenvalue weighted by atomic mass is 35.5. The lowest BCUT2D eigenvalue weighted by molar-refractivity contribution is 0.869. The predicted octanol–water partition coefficient (Wildman–Crippen LogP) is 4.00. The maximum atomic E-state index is 6.27. The molecule has 0 radical (unpaired) electrons. The lowest BCUT2D eigenvalue weighted by Gasteiger charge is -2.16. The smallest absolute Gasteiger partial charge is 0.0566 e. The van der Waals surface area contributed by atoms with Crippen molar-refractivity contribution in [2.75, 3.05) is 0 Å². The lowest BCUT2D eigenvalue weighted by atomic mass is 9.96. The van der Waals surface area contributed by atoms with Crippen molar-refractivity contribution in [2.45, 2.75) is 19.9 Å². The molecular formula is C15H16ClN. The van der Waals surface area contributed by atoms with E-state index in [0.29, 0.717) is 0 Å². The highest BCUT2D eigenvalue weighted by Crippen LogP contribution is 2.28. The summed E-state index contributed by atoms with van der Waals surface area (Å²) in [6.45, 7) is 4.13. The van der Waals surface area contributed by atoms with Gasteiger partial charge in [-0.1, -0.05) is 48.0 Å². The van der Waals surface area contributed by atoms with Crippen molar-refractivity contribution in [3.8, 4) is 0 Å². The van der Waals surface area contributed by atoms with Crippen LogP contribution >= 0.6 is 11.6 Å². The Hall–Kier alpha value is -1.31. The number of hydrogen-bond donors (Lipinski definition) is 1. The normalized spacial score (nSPS) is 12.5. The van der Waals surface area contributed by atoms with E-state index in [1.807, 2.05) is 36.4 Å². The van der Waals surface area contributed by atoms with Crippen molar-refractivity contribution >= 4 is 11.6 Å². The first-order chi connectivity index (χ1) is 8.09. The molecule has 1 unspecified atom stereocenters. The van der Waals surface area contributed by atoms with E-state index in [2.05, 4.69) is 19.9 Å². The molecule has 17 heavy (non-hydrogen) atoms. The van der Waals surface area contributed by atoms with Crippen LogP contribution in [0.1, 0.15) is 28.3 Å². The molecule has 0 fully saturated rings. The molecule has 0 aromatic heterocycles. The van der Waals surface area contributed by atoms with E-state index in [4.69, 9.17) is 17.3 Å². The summed E-state index contributed by atoms with van der Waals surface area (Å²) in [7, 11) is 0. The van der Waals surface area contributed by atoms with Crippen LogP contribution in [0.15, 0.2) is 42.5 Å². The zero-order valence-corrected chi connectivity index (χ0v) is 10.8. The maximum absolute atomic E-state index is 6.27. The molecule has 2 rings (SSSR count). The van der Waals surface area contributed by atoms with Crippen LogP contribution in [0.3, 0.4) is 0 Å². The van der Waals surface area contributed by atoms with E-state index >= 15 is 0 Å². The van der Waals surface area contributed by atoms with Gasteiger partial charge in [-0.3, -0.25) is 0 Å². The number of aryl methyl sites for hydroxylation is 2. The molecule has 0 aliphatic heterocycles. The molecule has 0 aliphatic carbocycles. The highest BCUT2D eigenvalue weighted by Gasteiger charge is 2.13. The van der Waals surface area contributed by atoms with E-state index in [9.17, 15) is 0 Å². The summed E-state index contributed by atoms with van der Waals surface area (Å²) in [6, 6.07) is 13.9. The van der Waals surface area contributed by atoms with Gasteiger partial charge in [-0.25, -0.2) is 0 Å². The standard InChI is InChI=1S/C15H16ClN/c1-10-8-13(14(16)9-11(10)2)15(17)12-6-4-3-5-7-12/h3-9,15H,17H2,1-2H3. The van der Waals surface area contributed by atoms with E-state index in [1.54, 1.807) is 0 Å². The van der Waals surface area contributed by atoms with Gasteiger partial charge in [-0.15, -0.1) is 0 Å². The zero-order valence-electron chi connectivity index (χ0n) is 10.1. The molecule has 0 heterocycles. The van der Waals surface area contributed by atoms with Crippen LogP contribution in [0.5, 0.6) is 0 Å². The van der Waals surface area contributed by atoms with Crippen molar-refractivity contribution < 1.29 is 0 Å². The Morgan fingerprint density at radius 2 is 1.59 bits per heavy atom. The average molecular weight is 246 g/mol. The van der Waals surface area contributed by atoms with Gasteiger partial charge >= 0.3 is 0 Å². The van der Waals surface area contributed by atoms with Crippen LogP contribution in [0.25, 0.3) is 0 Å². The van der Waals surface area contributed by atoms with Crippen molar-refractivity contribution in [3.05, 3.63) is 69.7 Å². The summed E-state index contributed by atoms with van der Waals surface area (Å²) in [4.78, 5) is 0. The van der Waals surface area contributed by atoms with Gasteiger partial charge < -0.3 is 5.73 Å². The monoisotopic (exact) mass is 245 g/mol. The third-order valence-electron chi connectivity index (χ3n) is 3.11. The quantitative estimate of drug-likeness (QED) is 0.850. The Kier molecular flexibility index (Phi) is 3.51. The fraction of sp³-hybridized carbons (Fsp3) is 0.200. The fourth-order valence-electron chi connectivity index (χ4n) is 1.88. The maximum Gasteiger partial charge on any atom is 0.0566 e. The molecule has 0 spiro atoms. The largest absolute Gasteiger partial charge is 0.320 e. The summed E-state index contributed by atoms with van der Waals surface area (Å²) < 4.78 is 0. The fourth-order valence-corrected chi connectivity index (χ4v) is 2.22. The van der Waals surface area contributed by atoms with E-state index in [1.165, 1.54) is 11.1 Å². The second kappa shape index (κ2) is 4.91. The number of hydrogen-bond acceptors (Lipinski definition) is 1. The minimum absolute atomic E-state index is 0.164. The van der Waals surface area contributed by atoms with Crippen LogP contribution in [0.4, 0.5) is 0 Å². The van der Waals surface area contributed by atoms with Gasteiger partial charge in [0.05, 0.1) is 6.04 Å². The minimum Gasteiger partial charge on any atom is -0.320 e. The molecule has 2 aromatic rings. The summed E-state index contributed by atoms with van der Waals surface area (Å²) in [5.41, 5.74) is 10.7. The molecule has 2 N–H and O–H groups in total. The number of nitrogens with two attached hydrogens (primary N) is 1. The molecule has 0 saturated carbocycles. The lowest BCUT2D eigenvalue weighted by Crippen LogP contribution is -2.12. The molecule has 1 nitrogen and oxygen atoms in total. The third-order valence-corrected chi connectivity index (χ3v) is 3.43. The van der Waals surface area contributed by atoms with Crippen molar-refractivity contribution in [1.29, 1.82) is 0 Å². The van der Waals surface area contributed by atoms with E-state index in [-0.39, 0.29) is 6.04 Å². The van der Waals surface area contributed by atoms with Gasteiger partial charge in [-0.05, 0) is 42.2 Å². The summed E-state index contributed by atoms with van der Waals surface area (Å²) in [6.07, 6.45) is 0. The van der Waals surface area contributed by atoms with Gasteiger partial charge in [-0.2, -0.15) is 0 Å². The Morgan fingerprint density at radius 3 is 2.24 bits per heavy atom. The molecule has 2 heteroatoms. The number of benzene rings is 2. The Morgan fingerprint density at radius 1 is 1.00 bits per heavy atom. The topological polar surface area (TPSA) is 26.0 Å². The van der Waals surface area contributed by atoms with Gasteiger partial charge in [0.2, 0.25) is 0 Å². The van der Waals surface area contributed by atoms with Crippen molar-refractivity contribution in [2.24, 2.45) is 5.73 Å². The summed E-state index contributed by atoms with van der Waals surface area (Å²) in [5, 5.41) is 0.740. The highest BCUT2D eigenvalue weighted by molar-refractivity contribution is 6.31. The average Bonchev–Trinajstić information content (AvgIpc) is 2.34.